The standard InChI is InChI=1S/C20H17FN2O/c1-12-6-9-18-15(10-12)16(20(24)22-13-7-8-13)11-19(23-18)14-4-2-3-5-17(14)21/h2-6,9-11,13H,7-8H2,1H3,(H,22,24). The van der Waals surface area contributed by atoms with Gasteiger partial charge in [-0.1, -0.05) is 23.8 Å². The van der Waals surface area contributed by atoms with Gasteiger partial charge >= 0.3 is 0 Å². The Morgan fingerprint density at radius 1 is 1.17 bits per heavy atom. The van der Waals surface area contributed by atoms with E-state index in [-0.39, 0.29) is 17.8 Å². The Balaban J connectivity index is 1.91. The van der Waals surface area contributed by atoms with Gasteiger partial charge in [0, 0.05) is 17.0 Å². The summed E-state index contributed by atoms with van der Waals surface area (Å²) in [6.45, 7) is 1.98. The lowest BCUT2D eigenvalue weighted by atomic mass is 10.0. The van der Waals surface area contributed by atoms with E-state index in [1.807, 2.05) is 25.1 Å². The average molecular weight is 320 g/mol. The van der Waals surface area contributed by atoms with E-state index in [0.29, 0.717) is 22.3 Å². The minimum absolute atomic E-state index is 0.118. The summed E-state index contributed by atoms with van der Waals surface area (Å²) in [4.78, 5) is 17.2. The molecule has 24 heavy (non-hydrogen) atoms. The first-order valence-corrected chi connectivity index (χ1v) is 8.09. The van der Waals surface area contributed by atoms with Crippen LogP contribution in [0.25, 0.3) is 22.2 Å². The number of nitrogens with one attached hydrogen (secondary N) is 1. The number of aromatic nitrogens is 1. The normalized spacial score (nSPS) is 13.9. The Morgan fingerprint density at radius 3 is 2.71 bits per heavy atom. The van der Waals surface area contributed by atoms with Crippen LogP contribution in [0, 0.1) is 12.7 Å². The van der Waals surface area contributed by atoms with Crippen LogP contribution in [0.3, 0.4) is 0 Å². The maximum absolute atomic E-state index is 14.2. The SMILES string of the molecule is Cc1ccc2nc(-c3ccccc3F)cc(C(=O)NC3CC3)c2c1. The number of nitrogens with zero attached hydrogens (tertiary/aromatic N) is 1. The van der Waals surface area contributed by atoms with Gasteiger partial charge in [0.2, 0.25) is 0 Å². The number of carbonyl (C=O) groups excluding carboxylic acids is 1. The summed E-state index contributed by atoms with van der Waals surface area (Å²) in [6.07, 6.45) is 2.04. The number of fused-ring (bicyclic) bond motifs is 1. The summed E-state index contributed by atoms with van der Waals surface area (Å²) >= 11 is 0. The fourth-order valence-electron chi connectivity index (χ4n) is 2.83. The van der Waals surface area contributed by atoms with E-state index >= 15 is 0 Å². The van der Waals surface area contributed by atoms with Crippen molar-refractivity contribution in [2.24, 2.45) is 0 Å². The summed E-state index contributed by atoms with van der Waals surface area (Å²) in [5, 5.41) is 3.81. The molecule has 120 valence electrons. The van der Waals surface area contributed by atoms with E-state index in [9.17, 15) is 9.18 Å². The van der Waals surface area contributed by atoms with Crippen molar-refractivity contribution in [1.82, 2.24) is 10.3 Å². The number of benzene rings is 2. The second-order valence-electron chi connectivity index (χ2n) is 6.30. The number of rotatable bonds is 3. The van der Waals surface area contributed by atoms with Crippen molar-refractivity contribution in [2.75, 3.05) is 0 Å². The summed E-state index contributed by atoms with van der Waals surface area (Å²) in [5.41, 5.74) is 3.19. The number of halogens is 1. The highest BCUT2D eigenvalue weighted by Gasteiger charge is 2.25. The zero-order valence-electron chi connectivity index (χ0n) is 13.3. The molecule has 1 fully saturated rings. The molecule has 0 bridgehead atoms. The molecule has 3 aromatic rings. The molecule has 0 spiro atoms. The summed E-state index contributed by atoms with van der Waals surface area (Å²) in [6, 6.07) is 14.2. The topological polar surface area (TPSA) is 42.0 Å². The van der Waals surface area contributed by atoms with Gasteiger partial charge in [-0.15, -0.1) is 0 Å². The van der Waals surface area contributed by atoms with Crippen LogP contribution < -0.4 is 5.32 Å². The predicted molar refractivity (Wildman–Crippen MR) is 92.4 cm³/mol. The molecule has 0 atom stereocenters. The molecule has 2 aromatic carbocycles. The van der Waals surface area contributed by atoms with Crippen LogP contribution in [0.5, 0.6) is 0 Å². The van der Waals surface area contributed by atoms with Crippen molar-refractivity contribution in [1.29, 1.82) is 0 Å². The summed E-state index contributed by atoms with van der Waals surface area (Å²) in [5.74, 6) is -0.460. The molecule has 1 aliphatic rings. The molecular formula is C20H17FN2O. The zero-order valence-corrected chi connectivity index (χ0v) is 13.3. The zero-order chi connectivity index (χ0) is 16.7. The van der Waals surface area contributed by atoms with Crippen molar-refractivity contribution in [3.05, 3.63) is 65.5 Å². The largest absolute Gasteiger partial charge is 0.349 e. The quantitative estimate of drug-likeness (QED) is 0.784. The number of carbonyl (C=O) groups is 1. The molecule has 1 heterocycles. The first kappa shape index (κ1) is 14.8. The Labute approximate surface area is 139 Å². The highest BCUT2D eigenvalue weighted by molar-refractivity contribution is 6.07. The molecule has 1 N–H and O–H groups in total. The van der Waals surface area contributed by atoms with Gasteiger partial charge in [-0.25, -0.2) is 9.37 Å². The van der Waals surface area contributed by atoms with E-state index < -0.39 is 0 Å². The molecule has 1 saturated carbocycles. The van der Waals surface area contributed by atoms with Crippen LogP contribution in [0.1, 0.15) is 28.8 Å². The third-order valence-electron chi connectivity index (χ3n) is 4.27. The number of hydrogen-bond donors (Lipinski definition) is 1. The van der Waals surface area contributed by atoms with Gasteiger partial charge in [0.25, 0.3) is 5.91 Å². The number of hydrogen-bond acceptors (Lipinski definition) is 2. The maximum atomic E-state index is 14.2. The number of amides is 1. The molecule has 4 heteroatoms. The maximum Gasteiger partial charge on any atom is 0.252 e. The monoisotopic (exact) mass is 320 g/mol. The third-order valence-corrected chi connectivity index (χ3v) is 4.27. The van der Waals surface area contributed by atoms with Gasteiger partial charge in [0.15, 0.2) is 0 Å². The Bertz CT molecular complexity index is 948. The van der Waals surface area contributed by atoms with Crippen molar-refractivity contribution >= 4 is 16.8 Å². The second-order valence-corrected chi connectivity index (χ2v) is 6.30. The van der Waals surface area contributed by atoms with Crippen molar-refractivity contribution in [2.45, 2.75) is 25.8 Å². The number of aryl methyl sites for hydroxylation is 1. The van der Waals surface area contributed by atoms with Crippen molar-refractivity contribution < 1.29 is 9.18 Å². The molecule has 0 saturated heterocycles. The van der Waals surface area contributed by atoms with E-state index in [4.69, 9.17) is 0 Å². The van der Waals surface area contributed by atoms with Crippen LogP contribution in [-0.4, -0.2) is 16.9 Å². The van der Waals surface area contributed by atoms with E-state index in [2.05, 4.69) is 10.3 Å². The molecule has 1 amide bonds. The van der Waals surface area contributed by atoms with E-state index in [0.717, 1.165) is 23.8 Å². The van der Waals surface area contributed by atoms with E-state index in [1.165, 1.54) is 6.07 Å². The average Bonchev–Trinajstić information content (AvgIpc) is 3.38. The molecule has 3 nitrogen and oxygen atoms in total. The van der Waals surface area contributed by atoms with E-state index in [1.54, 1.807) is 24.3 Å². The smallest absolute Gasteiger partial charge is 0.252 e. The predicted octanol–water partition coefficient (Wildman–Crippen LogP) is 4.24. The first-order valence-electron chi connectivity index (χ1n) is 8.09. The van der Waals surface area contributed by atoms with Crippen LogP contribution in [0.15, 0.2) is 48.5 Å². The second kappa shape index (κ2) is 5.71. The molecule has 4 rings (SSSR count). The first-order chi connectivity index (χ1) is 11.6. The van der Waals surface area contributed by atoms with Crippen molar-refractivity contribution in [3.8, 4) is 11.3 Å². The third kappa shape index (κ3) is 2.75. The minimum atomic E-state index is -0.343. The minimum Gasteiger partial charge on any atom is -0.349 e. The molecule has 0 unspecified atom stereocenters. The van der Waals surface area contributed by atoms with Gasteiger partial charge < -0.3 is 5.32 Å². The Hall–Kier alpha value is -2.75. The van der Waals surface area contributed by atoms with Crippen LogP contribution in [0.4, 0.5) is 4.39 Å². The van der Waals surface area contributed by atoms with Crippen molar-refractivity contribution in [3.63, 3.8) is 0 Å². The Morgan fingerprint density at radius 2 is 1.96 bits per heavy atom. The molecule has 1 aromatic heterocycles. The lowest BCUT2D eigenvalue weighted by molar-refractivity contribution is 0.0952. The van der Waals surface area contributed by atoms with Gasteiger partial charge in [-0.3, -0.25) is 4.79 Å². The highest BCUT2D eigenvalue weighted by Crippen LogP contribution is 2.28. The van der Waals surface area contributed by atoms with Gasteiger partial charge in [-0.2, -0.15) is 0 Å². The summed E-state index contributed by atoms with van der Waals surface area (Å²) in [7, 11) is 0. The lowest BCUT2D eigenvalue weighted by Crippen LogP contribution is -2.25. The van der Waals surface area contributed by atoms with Crippen LogP contribution >= 0.6 is 0 Å². The fraction of sp³-hybridized carbons (Fsp3) is 0.200. The van der Waals surface area contributed by atoms with Crippen LogP contribution in [-0.2, 0) is 0 Å². The fourth-order valence-corrected chi connectivity index (χ4v) is 2.83. The summed E-state index contributed by atoms with van der Waals surface area (Å²) < 4.78 is 14.2. The lowest BCUT2D eigenvalue weighted by Gasteiger charge is -2.11. The Kier molecular flexibility index (Phi) is 3.53. The molecule has 0 aliphatic heterocycles. The van der Waals surface area contributed by atoms with Gasteiger partial charge in [0.05, 0.1) is 16.8 Å². The van der Waals surface area contributed by atoms with Gasteiger partial charge in [0.1, 0.15) is 5.82 Å². The molecular weight excluding hydrogens is 303 g/mol. The highest BCUT2D eigenvalue weighted by atomic mass is 19.1. The molecule has 0 radical (unpaired) electrons. The molecule has 1 aliphatic carbocycles. The van der Waals surface area contributed by atoms with Crippen LogP contribution in [0.2, 0.25) is 0 Å². The van der Waals surface area contributed by atoms with Gasteiger partial charge in [-0.05, 0) is 50.1 Å². The number of pyridine rings is 1.